The number of ether oxygens (including phenoxy) is 2. The molecule has 40 heavy (non-hydrogen) atoms. The molecule has 0 heterocycles. The Bertz CT molecular complexity index is 1560. The van der Waals surface area contributed by atoms with Crippen LogP contribution in [0.4, 0.5) is 5.69 Å². The summed E-state index contributed by atoms with van der Waals surface area (Å²) in [6.07, 6.45) is 1.42. The van der Waals surface area contributed by atoms with Crippen molar-refractivity contribution in [3.8, 4) is 11.5 Å². The molecule has 8 nitrogen and oxygen atoms in total. The number of benzene rings is 4. The number of rotatable bonds is 9. The van der Waals surface area contributed by atoms with Crippen molar-refractivity contribution in [3.63, 3.8) is 0 Å². The van der Waals surface area contributed by atoms with Crippen LogP contribution in [0, 0.1) is 0 Å². The van der Waals surface area contributed by atoms with E-state index in [1.54, 1.807) is 97.9 Å². The van der Waals surface area contributed by atoms with E-state index in [1.165, 1.54) is 6.21 Å². The number of hydrogen-bond acceptors (Lipinski definition) is 6. The standard InChI is InChI=1S/C30H23BrClN3O5/c1-2-39-27-17-19(7-16-26(27)40-30(38)21-10-14-23(32)15-11-21)18-33-35-29(37)24-5-3-4-6-25(24)34-28(36)20-8-12-22(31)13-9-20/h3-18H,2H2,1H3,(H,34,36)(H,35,37)/b33-18-. The number of nitrogens with one attached hydrogen (secondary N) is 2. The molecule has 202 valence electrons. The van der Waals surface area contributed by atoms with E-state index in [0.717, 1.165) is 4.47 Å². The maximum atomic E-state index is 12.8. The van der Waals surface area contributed by atoms with Gasteiger partial charge in [0.05, 0.1) is 29.6 Å². The van der Waals surface area contributed by atoms with E-state index in [1.807, 2.05) is 0 Å². The van der Waals surface area contributed by atoms with Gasteiger partial charge in [0.15, 0.2) is 11.5 Å². The summed E-state index contributed by atoms with van der Waals surface area (Å²) in [5.41, 5.74) is 4.43. The molecule has 0 radical (unpaired) electrons. The quantitative estimate of drug-likeness (QED) is 0.0934. The lowest BCUT2D eigenvalue weighted by molar-refractivity contribution is 0.0728. The molecule has 0 aliphatic carbocycles. The first-order valence-corrected chi connectivity index (χ1v) is 13.2. The Morgan fingerprint density at radius 2 is 1.57 bits per heavy atom. The number of esters is 1. The molecule has 0 atom stereocenters. The highest BCUT2D eigenvalue weighted by molar-refractivity contribution is 9.10. The SMILES string of the molecule is CCOc1cc(/C=N\NC(=O)c2ccccc2NC(=O)c2ccc(Br)cc2)ccc1OC(=O)c1ccc(Cl)cc1. The Morgan fingerprint density at radius 3 is 2.30 bits per heavy atom. The van der Waals surface area contributed by atoms with E-state index in [2.05, 4.69) is 31.8 Å². The molecule has 4 aromatic carbocycles. The second kappa shape index (κ2) is 13.5. The summed E-state index contributed by atoms with van der Waals surface area (Å²) in [5, 5.41) is 7.31. The van der Waals surface area contributed by atoms with Crippen LogP contribution in [0.25, 0.3) is 0 Å². The number of halogens is 2. The van der Waals surface area contributed by atoms with Crippen LogP contribution >= 0.6 is 27.5 Å². The molecule has 2 N–H and O–H groups in total. The van der Waals surface area contributed by atoms with Crippen molar-refractivity contribution >= 4 is 57.2 Å². The van der Waals surface area contributed by atoms with E-state index in [4.69, 9.17) is 21.1 Å². The Morgan fingerprint density at radius 1 is 0.875 bits per heavy atom. The molecule has 0 bridgehead atoms. The highest BCUT2D eigenvalue weighted by Gasteiger charge is 2.15. The first-order valence-electron chi connectivity index (χ1n) is 12.1. The van der Waals surface area contributed by atoms with E-state index in [-0.39, 0.29) is 17.2 Å². The zero-order valence-corrected chi connectivity index (χ0v) is 23.5. The zero-order chi connectivity index (χ0) is 28.5. The average Bonchev–Trinajstić information content (AvgIpc) is 2.95. The van der Waals surface area contributed by atoms with Crippen LogP contribution in [0.2, 0.25) is 5.02 Å². The summed E-state index contributed by atoms with van der Waals surface area (Å²) in [7, 11) is 0. The van der Waals surface area contributed by atoms with Gasteiger partial charge in [0.1, 0.15) is 0 Å². The Balaban J connectivity index is 1.43. The number of carbonyl (C=O) groups is 3. The van der Waals surface area contributed by atoms with Gasteiger partial charge in [0.25, 0.3) is 11.8 Å². The summed E-state index contributed by atoms with van der Waals surface area (Å²) < 4.78 is 12.0. The fourth-order valence-corrected chi connectivity index (χ4v) is 3.90. The molecule has 0 aromatic heterocycles. The van der Waals surface area contributed by atoms with Gasteiger partial charge in [-0.3, -0.25) is 9.59 Å². The molecule has 0 spiro atoms. The number of carbonyl (C=O) groups excluding carboxylic acids is 3. The summed E-state index contributed by atoms with van der Waals surface area (Å²) >= 11 is 9.22. The topological polar surface area (TPSA) is 106 Å². The van der Waals surface area contributed by atoms with Gasteiger partial charge in [-0.15, -0.1) is 0 Å². The number of hydrogen-bond donors (Lipinski definition) is 2. The Kier molecular flexibility index (Phi) is 9.66. The fourth-order valence-electron chi connectivity index (χ4n) is 3.51. The summed E-state index contributed by atoms with van der Waals surface area (Å²) in [5.74, 6) is -0.852. The minimum atomic E-state index is -0.558. The third kappa shape index (κ3) is 7.56. The van der Waals surface area contributed by atoms with Gasteiger partial charge in [0.2, 0.25) is 0 Å². The smallest absolute Gasteiger partial charge is 0.343 e. The number of amides is 2. The lowest BCUT2D eigenvalue weighted by Crippen LogP contribution is -2.21. The van der Waals surface area contributed by atoms with Gasteiger partial charge >= 0.3 is 5.97 Å². The van der Waals surface area contributed by atoms with E-state index < -0.39 is 11.9 Å². The molecular weight excluding hydrogens is 598 g/mol. The first kappa shape index (κ1) is 28.5. The third-order valence-corrected chi connectivity index (χ3v) is 6.24. The molecule has 4 aromatic rings. The van der Waals surface area contributed by atoms with Gasteiger partial charge in [-0.2, -0.15) is 5.10 Å². The second-order valence-corrected chi connectivity index (χ2v) is 9.59. The highest BCUT2D eigenvalue weighted by atomic mass is 79.9. The van der Waals surface area contributed by atoms with Crippen molar-refractivity contribution < 1.29 is 23.9 Å². The Hall–Kier alpha value is -4.47. The minimum Gasteiger partial charge on any atom is -0.490 e. The molecule has 2 amide bonds. The van der Waals surface area contributed by atoms with Crippen LogP contribution in [0.5, 0.6) is 11.5 Å². The van der Waals surface area contributed by atoms with Crippen molar-refractivity contribution in [1.29, 1.82) is 0 Å². The maximum Gasteiger partial charge on any atom is 0.343 e. The average molecular weight is 621 g/mol. The van der Waals surface area contributed by atoms with Crippen LogP contribution in [0.15, 0.2) is 101 Å². The number of nitrogens with zero attached hydrogens (tertiary/aromatic N) is 1. The fraction of sp³-hybridized carbons (Fsp3) is 0.0667. The molecule has 0 aliphatic rings. The van der Waals surface area contributed by atoms with Crippen molar-refractivity contribution in [3.05, 3.63) is 123 Å². The lowest BCUT2D eigenvalue weighted by Gasteiger charge is -2.11. The van der Waals surface area contributed by atoms with Crippen LogP contribution < -0.4 is 20.2 Å². The van der Waals surface area contributed by atoms with Crippen LogP contribution in [-0.4, -0.2) is 30.6 Å². The van der Waals surface area contributed by atoms with Gasteiger partial charge in [-0.05, 0) is 91.3 Å². The first-order chi connectivity index (χ1) is 19.3. The second-order valence-electron chi connectivity index (χ2n) is 8.24. The summed E-state index contributed by atoms with van der Waals surface area (Å²) in [6.45, 7) is 2.14. The molecule has 0 aliphatic heterocycles. The molecular formula is C30H23BrClN3O5. The predicted octanol–water partition coefficient (Wildman–Crippen LogP) is 6.74. The third-order valence-electron chi connectivity index (χ3n) is 5.46. The maximum absolute atomic E-state index is 12.8. The van der Waals surface area contributed by atoms with Gasteiger partial charge < -0.3 is 14.8 Å². The van der Waals surface area contributed by atoms with Crippen molar-refractivity contribution in [2.45, 2.75) is 6.92 Å². The van der Waals surface area contributed by atoms with Gasteiger partial charge in [-0.25, -0.2) is 10.2 Å². The molecule has 10 heteroatoms. The van der Waals surface area contributed by atoms with Crippen LogP contribution in [0.1, 0.15) is 43.6 Å². The number of anilines is 1. The van der Waals surface area contributed by atoms with Crippen molar-refractivity contribution in [2.24, 2.45) is 5.10 Å². The molecule has 4 rings (SSSR count). The van der Waals surface area contributed by atoms with E-state index >= 15 is 0 Å². The minimum absolute atomic E-state index is 0.235. The van der Waals surface area contributed by atoms with Crippen molar-refractivity contribution in [1.82, 2.24) is 5.43 Å². The van der Waals surface area contributed by atoms with Gasteiger partial charge in [0, 0.05) is 15.1 Å². The zero-order valence-electron chi connectivity index (χ0n) is 21.2. The van der Waals surface area contributed by atoms with Crippen molar-refractivity contribution in [2.75, 3.05) is 11.9 Å². The largest absolute Gasteiger partial charge is 0.490 e. The Labute approximate surface area is 244 Å². The van der Waals surface area contributed by atoms with Crippen LogP contribution in [-0.2, 0) is 0 Å². The number of para-hydroxylation sites is 1. The molecule has 0 saturated carbocycles. The predicted molar refractivity (Wildman–Crippen MR) is 158 cm³/mol. The summed E-state index contributed by atoms with van der Waals surface area (Å²) in [6, 6.07) is 24.7. The number of hydrazone groups is 1. The monoisotopic (exact) mass is 619 g/mol. The molecule has 0 saturated heterocycles. The molecule has 0 unspecified atom stereocenters. The van der Waals surface area contributed by atoms with E-state index in [9.17, 15) is 14.4 Å². The normalized spacial score (nSPS) is 10.7. The highest BCUT2D eigenvalue weighted by Crippen LogP contribution is 2.29. The molecule has 0 fully saturated rings. The van der Waals surface area contributed by atoms with E-state index in [0.29, 0.717) is 39.8 Å². The van der Waals surface area contributed by atoms with Crippen LogP contribution in [0.3, 0.4) is 0 Å². The van der Waals surface area contributed by atoms with Gasteiger partial charge in [-0.1, -0.05) is 39.7 Å². The lowest BCUT2D eigenvalue weighted by atomic mass is 10.1. The summed E-state index contributed by atoms with van der Waals surface area (Å²) in [4.78, 5) is 38.0.